The van der Waals surface area contributed by atoms with Crippen molar-refractivity contribution >= 4 is 11.8 Å². The molecule has 0 radical (unpaired) electrons. The first-order valence-electron chi connectivity index (χ1n) is 8.36. The molecule has 0 atom stereocenters. The molecule has 0 aliphatic carbocycles. The van der Waals surface area contributed by atoms with Crippen molar-refractivity contribution in [1.82, 2.24) is 10.1 Å². The van der Waals surface area contributed by atoms with Gasteiger partial charge in [0.15, 0.2) is 18.2 Å². The predicted octanol–water partition coefficient (Wildman–Crippen LogP) is 3.61. The van der Waals surface area contributed by atoms with Gasteiger partial charge in [-0.3, -0.25) is 4.79 Å². The van der Waals surface area contributed by atoms with Gasteiger partial charge in [-0.2, -0.15) is 4.98 Å². The molecule has 0 amide bonds. The summed E-state index contributed by atoms with van der Waals surface area (Å²) in [6, 6.07) is 15.4. The molecule has 0 spiro atoms. The molecule has 0 saturated carbocycles. The molecule has 0 saturated heterocycles. The molecule has 2 aromatic carbocycles. The predicted molar refractivity (Wildman–Crippen MR) is 93.7 cm³/mol. The van der Waals surface area contributed by atoms with Crippen LogP contribution in [0.15, 0.2) is 59.1 Å². The lowest BCUT2D eigenvalue weighted by Gasteiger charge is -2.08. The Morgan fingerprint density at radius 2 is 1.69 bits per heavy atom. The van der Waals surface area contributed by atoms with Crippen molar-refractivity contribution in [2.45, 2.75) is 26.4 Å². The minimum Gasteiger partial charge on any atom is -0.452 e. The summed E-state index contributed by atoms with van der Waals surface area (Å²) in [5.74, 6) is -0.0341. The first-order valence-corrected chi connectivity index (χ1v) is 8.36. The maximum Gasteiger partial charge on any atom is 0.339 e. The van der Waals surface area contributed by atoms with Gasteiger partial charge in [-0.05, 0) is 12.5 Å². The topological polar surface area (TPSA) is 82.3 Å². The summed E-state index contributed by atoms with van der Waals surface area (Å²) in [5, 5.41) is 3.81. The van der Waals surface area contributed by atoms with Crippen LogP contribution in [0.2, 0.25) is 0 Å². The Hall–Kier alpha value is -3.28. The zero-order valence-corrected chi connectivity index (χ0v) is 14.3. The van der Waals surface area contributed by atoms with Crippen LogP contribution < -0.4 is 0 Å². The largest absolute Gasteiger partial charge is 0.452 e. The van der Waals surface area contributed by atoms with Gasteiger partial charge in [0.05, 0.1) is 5.56 Å². The number of benzene rings is 2. The monoisotopic (exact) mass is 350 g/mol. The summed E-state index contributed by atoms with van der Waals surface area (Å²) in [6.07, 6.45) is 1.60. The first kappa shape index (κ1) is 17.5. The van der Waals surface area contributed by atoms with E-state index in [-0.39, 0.29) is 23.8 Å². The highest BCUT2D eigenvalue weighted by Crippen LogP contribution is 2.16. The molecule has 3 rings (SSSR count). The summed E-state index contributed by atoms with van der Waals surface area (Å²) in [6.45, 7) is 1.88. The van der Waals surface area contributed by atoms with Crippen LogP contribution in [0, 0.1) is 0 Å². The van der Waals surface area contributed by atoms with E-state index in [1.165, 1.54) is 0 Å². The second kappa shape index (κ2) is 8.20. The van der Waals surface area contributed by atoms with Crippen molar-refractivity contribution in [2.24, 2.45) is 0 Å². The molecular weight excluding hydrogens is 332 g/mol. The van der Waals surface area contributed by atoms with Crippen molar-refractivity contribution in [3.63, 3.8) is 0 Å². The highest BCUT2D eigenvalue weighted by Gasteiger charge is 2.19. The normalized spacial score (nSPS) is 10.5. The van der Waals surface area contributed by atoms with E-state index in [0.29, 0.717) is 23.4 Å². The third kappa shape index (κ3) is 4.03. The SMILES string of the molecule is CCCc1noc(COC(=O)c2ccccc2C(=O)c2ccccc2)n1. The Labute approximate surface area is 150 Å². The molecule has 0 N–H and O–H groups in total. The number of nitrogens with zero attached hydrogens (tertiary/aromatic N) is 2. The number of aryl methyl sites for hydroxylation is 1. The molecule has 3 aromatic rings. The lowest BCUT2D eigenvalue weighted by Crippen LogP contribution is -2.12. The fourth-order valence-corrected chi connectivity index (χ4v) is 2.48. The molecule has 1 aromatic heterocycles. The summed E-state index contributed by atoms with van der Waals surface area (Å²) < 4.78 is 10.3. The van der Waals surface area contributed by atoms with Crippen molar-refractivity contribution in [2.75, 3.05) is 0 Å². The van der Waals surface area contributed by atoms with Gasteiger partial charge in [0, 0.05) is 17.5 Å². The van der Waals surface area contributed by atoms with Gasteiger partial charge in [0.2, 0.25) is 0 Å². The van der Waals surface area contributed by atoms with Crippen molar-refractivity contribution in [3.8, 4) is 0 Å². The second-order valence-corrected chi connectivity index (χ2v) is 5.67. The van der Waals surface area contributed by atoms with E-state index in [1.807, 2.05) is 13.0 Å². The van der Waals surface area contributed by atoms with Crippen LogP contribution in [0.5, 0.6) is 0 Å². The van der Waals surface area contributed by atoms with E-state index in [1.54, 1.807) is 48.5 Å². The number of ketones is 1. The van der Waals surface area contributed by atoms with Crippen molar-refractivity contribution in [1.29, 1.82) is 0 Å². The van der Waals surface area contributed by atoms with Gasteiger partial charge in [-0.15, -0.1) is 0 Å². The number of ether oxygens (including phenoxy) is 1. The van der Waals surface area contributed by atoms with Crippen LogP contribution in [0.4, 0.5) is 0 Å². The average Bonchev–Trinajstić information content (AvgIpc) is 3.14. The number of carbonyl (C=O) groups is 2. The second-order valence-electron chi connectivity index (χ2n) is 5.67. The zero-order chi connectivity index (χ0) is 18.4. The first-order chi connectivity index (χ1) is 12.7. The number of carbonyl (C=O) groups excluding carboxylic acids is 2. The van der Waals surface area contributed by atoms with E-state index >= 15 is 0 Å². The quantitative estimate of drug-likeness (QED) is 0.478. The Kier molecular flexibility index (Phi) is 5.53. The molecular formula is C20H18N2O4. The lowest BCUT2D eigenvalue weighted by molar-refractivity contribution is 0.0427. The number of hydrogen-bond acceptors (Lipinski definition) is 6. The third-order valence-electron chi connectivity index (χ3n) is 3.74. The van der Waals surface area contributed by atoms with Crippen LogP contribution in [-0.4, -0.2) is 21.9 Å². The lowest BCUT2D eigenvalue weighted by atomic mass is 9.98. The fraction of sp³-hybridized carbons (Fsp3) is 0.200. The molecule has 132 valence electrons. The highest BCUT2D eigenvalue weighted by atomic mass is 16.6. The van der Waals surface area contributed by atoms with Crippen LogP contribution in [0.1, 0.15) is 51.3 Å². The Morgan fingerprint density at radius 1 is 1.00 bits per heavy atom. The van der Waals surface area contributed by atoms with Gasteiger partial charge in [0.1, 0.15) is 0 Å². The fourth-order valence-electron chi connectivity index (χ4n) is 2.48. The molecule has 0 bridgehead atoms. The van der Waals surface area contributed by atoms with E-state index in [0.717, 1.165) is 6.42 Å². The van der Waals surface area contributed by atoms with Crippen LogP contribution >= 0.6 is 0 Å². The maximum absolute atomic E-state index is 12.7. The van der Waals surface area contributed by atoms with Crippen LogP contribution in [0.25, 0.3) is 0 Å². The number of hydrogen-bond donors (Lipinski definition) is 0. The molecule has 0 unspecified atom stereocenters. The van der Waals surface area contributed by atoms with Crippen molar-refractivity contribution in [3.05, 3.63) is 83.0 Å². The summed E-state index contributed by atoms with van der Waals surface area (Å²) in [5.41, 5.74) is 1.00. The molecule has 0 fully saturated rings. The average molecular weight is 350 g/mol. The molecule has 26 heavy (non-hydrogen) atoms. The summed E-state index contributed by atoms with van der Waals surface area (Å²) in [7, 11) is 0. The van der Waals surface area contributed by atoms with E-state index < -0.39 is 5.97 Å². The van der Waals surface area contributed by atoms with E-state index in [2.05, 4.69) is 10.1 Å². The minimum atomic E-state index is -0.611. The molecule has 6 heteroatoms. The minimum absolute atomic E-state index is 0.136. The molecule has 0 aliphatic rings. The Morgan fingerprint density at radius 3 is 2.42 bits per heavy atom. The van der Waals surface area contributed by atoms with Gasteiger partial charge < -0.3 is 9.26 Å². The summed E-state index contributed by atoms with van der Waals surface area (Å²) >= 11 is 0. The van der Waals surface area contributed by atoms with Crippen molar-refractivity contribution < 1.29 is 18.8 Å². The number of aromatic nitrogens is 2. The Bertz CT molecular complexity index is 903. The molecule has 1 heterocycles. The molecule has 0 aliphatic heterocycles. The Balaban J connectivity index is 1.74. The number of esters is 1. The maximum atomic E-state index is 12.7. The number of rotatable bonds is 7. The third-order valence-corrected chi connectivity index (χ3v) is 3.74. The molecule has 6 nitrogen and oxygen atoms in total. The van der Waals surface area contributed by atoms with Crippen LogP contribution in [0.3, 0.4) is 0 Å². The van der Waals surface area contributed by atoms with Gasteiger partial charge >= 0.3 is 5.97 Å². The zero-order valence-electron chi connectivity index (χ0n) is 14.3. The summed E-state index contributed by atoms with van der Waals surface area (Å²) in [4.78, 5) is 29.3. The van der Waals surface area contributed by atoms with Gasteiger partial charge in [-0.1, -0.05) is 60.6 Å². The smallest absolute Gasteiger partial charge is 0.339 e. The highest BCUT2D eigenvalue weighted by molar-refractivity contribution is 6.14. The van der Waals surface area contributed by atoms with Gasteiger partial charge in [-0.25, -0.2) is 4.79 Å². The standard InChI is InChI=1S/C20H18N2O4/c1-2-8-17-21-18(26-22-17)13-25-20(24)16-12-7-6-11-15(16)19(23)14-9-4-3-5-10-14/h3-7,9-12H,2,8,13H2,1H3. The van der Waals surface area contributed by atoms with Crippen LogP contribution in [-0.2, 0) is 17.8 Å². The van der Waals surface area contributed by atoms with E-state index in [4.69, 9.17) is 9.26 Å². The van der Waals surface area contributed by atoms with Gasteiger partial charge in [0.25, 0.3) is 5.89 Å². The van der Waals surface area contributed by atoms with E-state index in [9.17, 15) is 9.59 Å².